The molecule has 1 aromatic rings. The SMILES string of the molecule is CC[C@H](C)[C@]([C@@H](CC=O)OC)(N(C)[C@H](C(=O)NC(=O)[C@H](C(C)C)N(C)CCOCCOCCOCCC(=O)O)C(C)C)N1CCC[C@H]1[C@H](OC)[C@@H](C)C(=O)N[C@@H](Cc1ccc(O)cc1)C(=O)N1CCCCO1. The normalized spacial score (nSPS) is 19.4. The van der Waals surface area contributed by atoms with Gasteiger partial charge in [-0.15, -0.1) is 0 Å². The minimum absolute atomic E-state index is 0.00942. The van der Waals surface area contributed by atoms with Crippen LogP contribution in [0.1, 0.15) is 99.0 Å². The Morgan fingerprint density at radius 3 is 1.99 bits per heavy atom. The number of carboxylic acid groups (broad SMARTS) is 1. The summed E-state index contributed by atoms with van der Waals surface area (Å²) >= 11 is 0. The van der Waals surface area contributed by atoms with Gasteiger partial charge in [0.15, 0.2) is 0 Å². The molecule has 3 rings (SSSR count). The number of carbonyl (C=O) groups is 6. The van der Waals surface area contributed by atoms with E-state index < -0.39 is 71.6 Å². The second-order valence-corrected chi connectivity index (χ2v) is 19.8. The number of hydrogen-bond donors (Lipinski definition) is 4. The third-order valence-corrected chi connectivity index (χ3v) is 14.3. The number of amides is 4. The molecule has 2 fully saturated rings. The number of imide groups is 1. The Bertz CT molecular complexity index is 1820. The van der Waals surface area contributed by atoms with Crippen LogP contribution in [0.25, 0.3) is 0 Å². The van der Waals surface area contributed by atoms with Gasteiger partial charge in [-0.3, -0.25) is 48.8 Å². The molecule has 0 saturated carbocycles. The van der Waals surface area contributed by atoms with Crippen molar-refractivity contribution in [1.82, 2.24) is 30.4 Å². The minimum atomic E-state index is -1.15. The summed E-state index contributed by atoms with van der Waals surface area (Å²) in [6.07, 6.45) is 2.92. The van der Waals surface area contributed by atoms with Crippen molar-refractivity contribution in [3.8, 4) is 5.75 Å². The lowest BCUT2D eigenvalue weighted by molar-refractivity contribution is -0.204. The molecule has 4 N–H and O–H groups in total. The summed E-state index contributed by atoms with van der Waals surface area (Å²) in [6, 6.07) is 3.51. The molecule has 72 heavy (non-hydrogen) atoms. The number of likely N-dealkylation sites (N-methyl/N-ethyl adjacent to an activating group) is 2. The van der Waals surface area contributed by atoms with Gasteiger partial charge in [-0.1, -0.05) is 67.0 Å². The smallest absolute Gasteiger partial charge is 0.305 e. The maximum Gasteiger partial charge on any atom is 0.305 e. The van der Waals surface area contributed by atoms with E-state index in [2.05, 4.69) is 22.5 Å². The molecular weight excluding hydrogens is 933 g/mol. The third-order valence-electron chi connectivity index (χ3n) is 14.3. The van der Waals surface area contributed by atoms with Gasteiger partial charge < -0.3 is 44.0 Å². The molecule has 2 heterocycles. The fourth-order valence-electron chi connectivity index (χ4n) is 10.6. The predicted molar refractivity (Wildman–Crippen MR) is 269 cm³/mol. The molecule has 4 amide bonds. The molecule has 0 unspecified atom stereocenters. The number of nitrogens with one attached hydrogen (secondary N) is 2. The van der Waals surface area contributed by atoms with E-state index in [1.165, 1.54) is 17.2 Å². The molecule has 2 saturated heterocycles. The van der Waals surface area contributed by atoms with Crippen LogP contribution in [0.15, 0.2) is 24.3 Å². The lowest BCUT2D eigenvalue weighted by Crippen LogP contribution is -2.75. The third kappa shape index (κ3) is 17.2. The van der Waals surface area contributed by atoms with Crippen LogP contribution >= 0.6 is 0 Å². The van der Waals surface area contributed by atoms with Crippen molar-refractivity contribution < 1.29 is 67.5 Å². The van der Waals surface area contributed by atoms with Gasteiger partial charge in [0.2, 0.25) is 17.7 Å². The molecule has 0 spiro atoms. The van der Waals surface area contributed by atoms with Gasteiger partial charge in [0.25, 0.3) is 5.91 Å². The number of benzene rings is 1. The van der Waals surface area contributed by atoms with Gasteiger partial charge in [0, 0.05) is 52.7 Å². The molecule has 0 aliphatic carbocycles. The van der Waals surface area contributed by atoms with Gasteiger partial charge in [-0.2, -0.15) is 0 Å². The first kappa shape index (κ1) is 62.2. The number of aldehydes is 1. The first-order valence-corrected chi connectivity index (χ1v) is 25.8. The fraction of sp³-hybridized carbons (Fsp3) is 0.769. The van der Waals surface area contributed by atoms with Crippen molar-refractivity contribution in [2.24, 2.45) is 23.7 Å². The lowest BCUT2D eigenvalue weighted by atomic mass is 9.78. The summed E-state index contributed by atoms with van der Waals surface area (Å²) in [5.41, 5.74) is -0.416. The van der Waals surface area contributed by atoms with Crippen molar-refractivity contribution in [2.75, 3.05) is 94.2 Å². The van der Waals surface area contributed by atoms with Gasteiger partial charge in [0.05, 0.1) is 82.9 Å². The quantitative estimate of drug-likeness (QED) is 0.0571. The van der Waals surface area contributed by atoms with Gasteiger partial charge >= 0.3 is 5.97 Å². The number of phenols is 1. The molecule has 2 aliphatic rings. The van der Waals surface area contributed by atoms with E-state index in [0.717, 1.165) is 24.7 Å². The molecule has 0 bridgehead atoms. The van der Waals surface area contributed by atoms with Crippen LogP contribution in [-0.2, 0) is 63.7 Å². The Morgan fingerprint density at radius 2 is 1.44 bits per heavy atom. The molecule has 20 nitrogen and oxygen atoms in total. The molecule has 0 aromatic heterocycles. The van der Waals surface area contributed by atoms with E-state index in [0.29, 0.717) is 71.9 Å². The van der Waals surface area contributed by atoms with Crippen molar-refractivity contribution in [3.63, 3.8) is 0 Å². The molecule has 9 atom stereocenters. The Kier molecular flexibility index (Phi) is 27.3. The Balaban J connectivity index is 1.91. The number of aliphatic carboxylic acids is 1. The number of likely N-dealkylation sites (tertiary alicyclic amines) is 1. The highest BCUT2D eigenvalue weighted by Gasteiger charge is 2.58. The highest BCUT2D eigenvalue weighted by molar-refractivity contribution is 6.00. The second kappa shape index (κ2) is 31.6. The number of phenolic OH excluding ortho intramolecular Hbond substituents is 1. The largest absolute Gasteiger partial charge is 0.508 e. The van der Waals surface area contributed by atoms with Crippen LogP contribution in [0.4, 0.5) is 0 Å². The summed E-state index contributed by atoms with van der Waals surface area (Å²) in [5, 5.41) is 25.8. The Labute approximate surface area is 428 Å². The molecule has 2 aliphatic heterocycles. The maximum atomic E-state index is 14.9. The molecule has 20 heteroatoms. The molecule has 1 aromatic carbocycles. The standard InChI is InChI=1S/C52H88N6O14/c1-12-37(6)52(43(67-10)21-26-59,56(9)46(36(4)5)50(65)54-49(64)45(35(2)3)55(8)25-29-70-31-33-71-32-30-69-28-22-44(61)62)57-23-15-16-42(57)47(68-11)38(7)48(63)53-41(34-39-17-19-40(60)20-18-39)51(66)58-24-13-14-27-72-58/h17-20,26,35-38,41-43,45-47,60H,12-16,21-25,27-34H2,1-11H3,(H,53,63)(H,61,62)(H,54,64,65)/t37-,38+,41-,42-,43+,45-,46-,47+,52-/m0/s1. The van der Waals surface area contributed by atoms with E-state index in [9.17, 15) is 33.9 Å². The molecular formula is C52H88N6O14. The average molecular weight is 1020 g/mol. The number of aromatic hydroxyl groups is 1. The first-order valence-electron chi connectivity index (χ1n) is 25.8. The van der Waals surface area contributed by atoms with Crippen molar-refractivity contribution in [3.05, 3.63) is 29.8 Å². The van der Waals surface area contributed by atoms with E-state index in [1.54, 1.807) is 33.3 Å². The van der Waals surface area contributed by atoms with E-state index in [1.807, 2.05) is 58.5 Å². The number of methoxy groups -OCH3 is 2. The van der Waals surface area contributed by atoms with Crippen LogP contribution < -0.4 is 10.6 Å². The first-order chi connectivity index (χ1) is 34.3. The summed E-state index contributed by atoms with van der Waals surface area (Å²) in [6.45, 7) is 16.9. The zero-order valence-corrected chi connectivity index (χ0v) is 45.0. The number of hydrogen-bond acceptors (Lipinski definition) is 16. The Hall–Kier alpha value is -4.12. The maximum absolute atomic E-state index is 14.9. The summed E-state index contributed by atoms with van der Waals surface area (Å²) < 4.78 is 29.1. The van der Waals surface area contributed by atoms with Crippen molar-refractivity contribution in [2.45, 2.75) is 142 Å². The number of rotatable bonds is 34. The average Bonchev–Trinajstić information content (AvgIpc) is 3.82. The zero-order valence-electron chi connectivity index (χ0n) is 45.0. The van der Waals surface area contributed by atoms with Gasteiger partial charge in [0.1, 0.15) is 23.7 Å². The number of carboxylic acids is 1. The van der Waals surface area contributed by atoms with Crippen LogP contribution in [-0.4, -0.2) is 202 Å². The highest BCUT2D eigenvalue weighted by atomic mass is 16.7. The summed E-state index contributed by atoms with van der Waals surface area (Å²) in [5.74, 6) is -4.13. The van der Waals surface area contributed by atoms with Gasteiger partial charge in [-0.25, -0.2) is 5.06 Å². The monoisotopic (exact) mass is 1020 g/mol. The zero-order chi connectivity index (χ0) is 53.5. The van der Waals surface area contributed by atoms with Crippen LogP contribution in [0.3, 0.4) is 0 Å². The summed E-state index contributed by atoms with van der Waals surface area (Å²) in [7, 11) is 6.78. The number of nitrogens with zero attached hydrogens (tertiary/aromatic N) is 4. The van der Waals surface area contributed by atoms with E-state index in [4.69, 9.17) is 33.6 Å². The minimum Gasteiger partial charge on any atom is -0.508 e. The number of carbonyl (C=O) groups excluding carboxylic acids is 5. The van der Waals surface area contributed by atoms with E-state index in [-0.39, 0.29) is 61.9 Å². The number of ether oxygens (including phenoxy) is 5. The predicted octanol–water partition coefficient (Wildman–Crippen LogP) is 3.52. The van der Waals surface area contributed by atoms with Crippen molar-refractivity contribution >= 4 is 35.9 Å². The Morgan fingerprint density at radius 1 is 0.833 bits per heavy atom. The van der Waals surface area contributed by atoms with Crippen LogP contribution in [0.5, 0.6) is 5.75 Å². The second-order valence-electron chi connectivity index (χ2n) is 19.8. The van der Waals surface area contributed by atoms with E-state index >= 15 is 0 Å². The van der Waals surface area contributed by atoms with Crippen LogP contribution in [0.2, 0.25) is 0 Å². The van der Waals surface area contributed by atoms with Crippen molar-refractivity contribution in [1.29, 1.82) is 0 Å². The topological polar surface area (TPSA) is 235 Å². The van der Waals surface area contributed by atoms with Gasteiger partial charge in [-0.05, 0) is 75.2 Å². The number of hydroxylamine groups is 2. The fourth-order valence-corrected chi connectivity index (χ4v) is 10.6. The molecule has 0 radical (unpaired) electrons. The van der Waals surface area contributed by atoms with Crippen LogP contribution in [0, 0.1) is 23.7 Å². The summed E-state index contributed by atoms with van der Waals surface area (Å²) in [4.78, 5) is 92.8. The highest BCUT2D eigenvalue weighted by Crippen LogP contribution is 2.44. The molecule has 410 valence electrons. The lowest BCUT2D eigenvalue weighted by Gasteiger charge is -2.59.